The summed E-state index contributed by atoms with van der Waals surface area (Å²) in [6.07, 6.45) is 4.15. The molecule has 1 aromatic heterocycles. The number of amides is 1. The first-order valence-electron chi connectivity index (χ1n) is 7.12. The highest BCUT2D eigenvalue weighted by Gasteiger charge is 2.22. The van der Waals surface area contributed by atoms with Crippen LogP contribution in [0.4, 0.5) is 4.79 Å². The van der Waals surface area contributed by atoms with Crippen molar-refractivity contribution < 1.29 is 9.90 Å². The molecule has 1 amide bonds. The molecule has 20 heavy (non-hydrogen) atoms. The van der Waals surface area contributed by atoms with Crippen molar-refractivity contribution in [2.24, 2.45) is 5.92 Å². The van der Waals surface area contributed by atoms with Crippen molar-refractivity contribution in [3.63, 3.8) is 0 Å². The largest absolute Gasteiger partial charge is 0.465 e. The lowest BCUT2D eigenvalue weighted by Gasteiger charge is -2.30. The molecule has 106 valence electrons. The van der Waals surface area contributed by atoms with Crippen molar-refractivity contribution in [2.45, 2.75) is 25.8 Å². The summed E-state index contributed by atoms with van der Waals surface area (Å²) in [5.41, 5.74) is 2.21. The number of rotatable bonds is 3. The third kappa shape index (κ3) is 2.61. The molecule has 1 aliphatic heterocycles. The predicted molar refractivity (Wildman–Crippen MR) is 76.7 cm³/mol. The van der Waals surface area contributed by atoms with Crippen LogP contribution in [-0.2, 0) is 6.54 Å². The fourth-order valence-corrected chi connectivity index (χ4v) is 2.92. The van der Waals surface area contributed by atoms with Gasteiger partial charge in [0, 0.05) is 19.6 Å². The standard InChI is InChI=1S/C15H19N3O2/c19-15(20)17-8-5-12(6-9-17)7-10-18-11-16-13-3-1-2-4-14(13)18/h1-4,11-12H,5-10H2,(H,19,20). The number of aryl methyl sites for hydroxylation is 1. The summed E-state index contributed by atoms with van der Waals surface area (Å²) in [5.74, 6) is 0.617. The molecule has 0 spiro atoms. The average Bonchev–Trinajstić information content (AvgIpc) is 2.89. The maximum atomic E-state index is 10.9. The summed E-state index contributed by atoms with van der Waals surface area (Å²) < 4.78 is 2.19. The van der Waals surface area contributed by atoms with Crippen LogP contribution < -0.4 is 0 Å². The van der Waals surface area contributed by atoms with Gasteiger partial charge in [-0.25, -0.2) is 9.78 Å². The molecule has 0 saturated carbocycles. The Kier molecular flexibility index (Phi) is 3.58. The molecule has 3 rings (SSSR count). The van der Waals surface area contributed by atoms with Crippen LogP contribution in [0.5, 0.6) is 0 Å². The fraction of sp³-hybridized carbons (Fsp3) is 0.467. The Morgan fingerprint density at radius 1 is 1.30 bits per heavy atom. The molecule has 1 saturated heterocycles. The van der Waals surface area contributed by atoms with Crippen molar-refractivity contribution >= 4 is 17.1 Å². The first kappa shape index (κ1) is 13.0. The van der Waals surface area contributed by atoms with Crippen LogP contribution in [0.3, 0.4) is 0 Å². The van der Waals surface area contributed by atoms with Gasteiger partial charge in [0.15, 0.2) is 0 Å². The number of carboxylic acid groups (broad SMARTS) is 1. The van der Waals surface area contributed by atoms with Gasteiger partial charge in [0.1, 0.15) is 0 Å². The number of imidazole rings is 1. The molecule has 5 nitrogen and oxygen atoms in total. The Balaban J connectivity index is 1.57. The molecule has 0 unspecified atom stereocenters. The third-order valence-electron chi connectivity index (χ3n) is 4.19. The van der Waals surface area contributed by atoms with E-state index in [1.807, 2.05) is 24.5 Å². The molecule has 2 aromatic rings. The summed E-state index contributed by atoms with van der Waals surface area (Å²) in [7, 11) is 0. The number of piperidine rings is 1. The monoisotopic (exact) mass is 273 g/mol. The van der Waals surface area contributed by atoms with Gasteiger partial charge in [-0.2, -0.15) is 0 Å². The molecule has 5 heteroatoms. The first-order chi connectivity index (χ1) is 9.74. The minimum atomic E-state index is -0.788. The number of nitrogens with zero attached hydrogens (tertiary/aromatic N) is 3. The second kappa shape index (κ2) is 5.53. The Hall–Kier alpha value is -2.04. The fourth-order valence-electron chi connectivity index (χ4n) is 2.92. The van der Waals surface area contributed by atoms with E-state index in [0.29, 0.717) is 19.0 Å². The van der Waals surface area contributed by atoms with E-state index >= 15 is 0 Å². The van der Waals surface area contributed by atoms with Crippen molar-refractivity contribution in [1.82, 2.24) is 14.5 Å². The van der Waals surface area contributed by atoms with Gasteiger partial charge in [0.25, 0.3) is 0 Å². The van der Waals surface area contributed by atoms with Crippen molar-refractivity contribution in [3.05, 3.63) is 30.6 Å². The number of hydrogen-bond acceptors (Lipinski definition) is 2. The van der Waals surface area contributed by atoms with E-state index in [-0.39, 0.29) is 0 Å². The Bertz CT molecular complexity index is 600. The van der Waals surface area contributed by atoms with Gasteiger partial charge < -0.3 is 14.6 Å². The van der Waals surface area contributed by atoms with Crippen molar-refractivity contribution in [3.8, 4) is 0 Å². The topological polar surface area (TPSA) is 58.4 Å². The van der Waals surface area contributed by atoms with Gasteiger partial charge >= 0.3 is 6.09 Å². The molecule has 0 atom stereocenters. The lowest BCUT2D eigenvalue weighted by atomic mass is 9.94. The van der Waals surface area contributed by atoms with E-state index in [0.717, 1.165) is 31.3 Å². The Morgan fingerprint density at radius 2 is 2.05 bits per heavy atom. The Morgan fingerprint density at radius 3 is 2.80 bits per heavy atom. The van der Waals surface area contributed by atoms with E-state index in [2.05, 4.69) is 15.6 Å². The van der Waals surface area contributed by atoms with E-state index in [9.17, 15) is 4.79 Å². The van der Waals surface area contributed by atoms with Crippen molar-refractivity contribution in [1.29, 1.82) is 0 Å². The van der Waals surface area contributed by atoms with Crippen LogP contribution in [0.2, 0.25) is 0 Å². The zero-order valence-electron chi connectivity index (χ0n) is 11.4. The smallest absolute Gasteiger partial charge is 0.407 e. The molecular formula is C15H19N3O2. The minimum absolute atomic E-state index is 0.617. The molecule has 0 aliphatic carbocycles. The van der Waals surface area contributed by atoms with Gasteiger partial charge in [-0.15, -0.1) is 0 Å². The second-order valence-corrected chi connectivity index (χ2v) is 5.43. The number of aromatic nitrogens is 2. The van der Waals surface area contributed by atoms with Crippen LogP contribution in [0.25, 0.3) is 11.0 Å². The maximum absolute atomic E-state index is 10.9. The summed E-state index contributed by atoms with van der Waals surface area (Å²) in [5, 5.41) is 8.94. The molecule has 1 fully saturated rings. The normalized spacial score (nSPS) is 16.7. The number of likely N-dealkylation sites (tertiary alicyclic amines) is 1. The van der Waals surface area contributed by atoms with Crippen LogP contribution >= 0.6 is 0 Å². The van der Waals surface area contributed by atoms with Crippen LogP contribution in [0.15, 0.2) is 30.6 Å². The summed E-state index contributed by atoms with van der Waals surface area (Å²) in [6, 6.07) is 8.15. The first-order valence-corrected chi connectivity index (χ1v) is 7.12. The lowest BCUT2D eigenvalue weighted by Crippen LogP contribution is -2.37. The number of para-hydroxylation sites is 2. The van der Waals surface area contributed by atoms with E-state index in [4.69, 9.17) is 5.11 Å². The SMILES string of the molecule is O=C(O)N1CCC(CCn2cnc3ccccc32)CC1. The van der Waals surface area contributed by atoms with Crippen LogP contribution in [-0.4, -0.2) is 38.7 Å². The zero-order chi connectivity index (χ0) is 13.9. The van der Waals surface area contributed by atoms with Gasteiger partial charge in [-0.1, -0.05) is 12.1 Å². The molecule has 1 aromatic carbocycles. The van der Waals surface area contributed by atoms with Gasteiger partial charge in [0.2, 0.25) is 0 Å². The highest BCUT2D eigenvalue weighted by Crippen LogP contribution is 2.22. The third-order valence-corrected chi connectivity index (χ3v) is 4.19. The van der Waals surface area contributed by atoms with Crippen molar-refractivity contribution in [2.75, 3.05) is 13.1 Å². The zero-order valence-corrected chi connectivity index (χ0v) is 11.4. The molecule has 0 radical (unpaired) electrons. The number of benzene rings is 1. The van der Waals surface area contributed by atoms with Crippen LogP contribution in [0, 0.1) is 5.92 Å². The molecule has 1 aliphatic rings. The number of carbonyl (C=O) groups is 1. The maximum Gasteiger partial charge on any atom is 0.407 e. The van der Waals surface area contributed by atoms with E-state index in [1.165, 1.54) is 10.4 Å². The van der Waals surface area contributed by atoms with Crippen LogP contribution in [0.1, 0.15) is 19.3 Å². The molecule has 2 heterocycles. The highest BCUT2D eigenvalue weighted by molar-refractivity contribution is 5.74. The minimum Gasteiger partial charge on any atom is -0.465 e. The molecular weight excluding hydrogens is 254 g/mol. The lowest BCUT2D eigenvalue weighted by molar-refractivity contribution is 0.122. The van der Waals surface area contributed by atoms with Gasteiger partial charge in [0.05, 0.1) is 17.4 Å². The Labute approximate surface area is 117 Å². The van der Waals surface area contributed by atoms with Gasteiger partial charge in [-0.05, 0) is 37.3 Å². The summed E-state index contributed by atoms with van der Waals surface area (Å²) in [6.45, 7) is 2.30. The van der Waals surface area contributed by atoms with Gasteiger partial charge in [-0.3, -0.25) is 0 Å². The number of fused-ring (bicyclic) bond motifs is 1. The van der Waals surface area contributed by atoms with E-state index < -0.39 is 6.09 Å². The predicted octanol–water partition coefficient (Wildman–Crippen LogP) is 2.82. The quantitative estimate of drug-likeness (QED) is 0.935. The molecule has 1 N–H and O–H groups in total. The second-order valence-electron chi connectivity index (χ2n) is 5.43. The molecule has 0 bridgehead atoms. The summed E-state index contributed by atoms with van der Waals surface area (Å²) >= 11 is 0. The van der Waals surface area contributed by atoms with E-state index in [1.54, 1.807) is 0 Å². The highest BCUT2D eigenvalue weighted by atomic mass is 16.4. The summed E-state index contributed by atoms with van der Waals surface area (Å²) in [4.78, 5) is 16.8. The average molecular weight is 273 g/mol. The number of hydrogen-bond donors (Lipinski definition) is 1.